The largest absolute Gasteiger partial charge is 0.462 e. The van der Waals surface area contributed by atoms with Crippen LogP contribution in [0.2, 0.25) is 0 Å². The summed E-state index contributed by atoms with van der Waals surface area (Å²) in [4.78, 5) is 17.7. The molecule has 2 aromatic rings. The number of nitrogens with zero attached hydrogens (tertiary/aromatic N) is 1. The Hall–Kier alpha value is -1.72. The van der Waals surface area contributed by atoms with Gasteiger partial charge in [0.05, 0.1) is 17.3 Å². The smallest absolute Gasteiger partial charge is 0.350 e. The van der Waals surface area contributed by atoms with Crippen molar-refractivity contribution in [1.82, 2.24) is 10.3 Å². The van der Waals surface area contributed by atoms with E-state index in [9.17, 15) is 4.79 Å². The molecule has 3 rings (SSSR count). The van der Waals surface area contributed by atoms with Gasteiger partial charge in [0.25, 0.3) is 0 Å². The van der Waals surface area contributed by atoms with Crippen LogP contribution in [0.15, 0.2) is 30.3 Å². The van der Waals surface area contributed by atoms with Gasteiger partial charge in [0, 0.05) is 11.5 Å². The van der Waals surface area contributed by atoms with Crippen LogP contribution in [0.4, 0.5) is 0 Å². The molecule has 5 heteroatoms. The predicted molar refractivity (Wildman–Crippen MR) is 88.4 cm³/mol. The first-order chi connectivity index (χ1) is 10.8. The van der Waals surface area contributed by atoms with E-state index in [2.05, 4.69) is 5.32 Å². The quantitative estimate of drug-likeness (QED) is 0.878. The first kappa shape index (κ1) is 15.2. The number of thiazole rings is 1. The van der Waals surface area contributed by atoms with Crippen LogP contribution in [-0.4, -0.2) is 30.6 Å². The van der Waals surface area contributed by atoms with Crippen LogP contribution in [0.25, 0.3) is 11.3 Å². The van der Waals surface area contributed by atoms with E-state index < -0.39 is 0 Å². The first-order valence-corrected chi connectivity index (χ1v) is 8.55. The van der Waals surface area contributed by atoms with Crippen molar-refractivity contribution in [3.63, 3.8) is 0 Å². The van der Waals surface area contributed by atoms with E-state index in [0.717, 1.165) is 42.2 Å². The van der Waals surface area contributed by atoms with E-state index >= 15 is 0 Å². The van der Waals surface area contributed by atoms with Gasteiger partial charge in [0.2, 0.25) is 0 Å². The van der Waals surface area contributed by atoms with Crippen molar-refractivity contribution >= 4 is 17.3 Å². The molecule has 0 saturated carbocycles. The minimum absolute atomic E-state index is 0.265. The number of hydrogen-bond donors (Lipinski definition) is 1. The van der Waals surface area contributed by atoms with E-state index in [1.54, 1.807) is 0 Å². The summed E-state index contributed by atoms with van der Waals surface area (Å²) < 4.78 is 5.21. The molecule has 1 fully saturated rings. The molecule has 0 unspecified atom stereocenters. The summed E-state index contributed by atoms with van der Waals surface area (Å²) in [5.41, 5.74) is 1.74. The Bertz CT molecular complexity index is 633. The van der Waals surface area contributed by atoms with Gasteiger partial charge >= 0.3 is 5.97 Å². The van der Waals surface area contributed by atoms with E-state index in [1.807, 2.05) is 37.3 Å². The summed E-state index contributed by atoms with van der Waals surface area (Å²) in [5, 5.41) is 4.42. The number of nitrogens with one attached hydrogen (secondary N) is 1. The first-order valence-electron chi connectivity index (χ1n) is 7.73. The molecule has 116 valence electrons. The van der Waals surface area contributed by atoms with Gasteiger partial charge in [-0.3, -0.25) is 0 Å². The average Bonchev–Trinajstić information content (AvgIpc) is 3.02. The number of piperidine rings is 1. The van der Waals surface area contributed by atoms with E-state index in [4.69, 9.17) is 9.72 Å². The molecule has 1 saturated heterocycles. The molecule has 1 aromatic carbocycles. The molecule has 0 aliphatic carbocycles. The molecule has 1 aromatic heterocycles. The summed E-state index contributed by atoms with van der Waals surface area (Å²) in [6, 6.07) is 9.88. The fraction of sp³-hybridized carbons (Fsp3) is 0.412. The molecule has 0 amide bonds. The minimum Gasteiger partial charge on any atom is -0.462 e. The lowest BCUT2D eigenvalue weighted by Crippen LogP contribution is -2.26. The fourth-order valence-corrected chi connectivity index (χ4v) is 3.86. The highest BCUT2D eigenvalue weighted by molar-refractivity contribution is 7.14. The third-order valence-electron chi connectivity index (χ3n) is 3.84. The number of hydrogen-bond acceptors (Lipinski definition) is 5. The van der Waals surface area contributed by atoms with Gasteiger partial charge in [-0.25, -0.2) is 9.78 Å². The monoisotopic (exact) mass is 316 g/mol. The van der Waals surface area contributed by atoms with Crippen molar-refractivity contribution < 1.29 is 9.53 Å². The Balaban J connectivity index is 1.98. The second-order valence-electron chi connectivity index (χ2n) is 5.34. The SMILES string of the molecule is CCOC(=O)c1sc(C2CCNCC2)nc1-c1ccccc1. The number of carbonyl (C=O) groups excluding carboxylic acids is 1. The van der Waals surface area contributed by atoms with Crippen LogP contribution in [0.1, 0.15) is 40.4 Å². The maximum absolute atomic E-state index is 12.3. The summed E-state index contributed by atoms with van der Waals surface area (Å²) in [6.45, 7) is 4.24. The van der Waals surface area contributed by atoms with Gasteiger partial charge < -0.3 is 10.1 Å². The van der Waals surface area contributed by atoms with Crippen molar-refractivity contribution in [2.75, 3.05) is 19.7 Å². The maximum atomic E-state index is 12.3. The Morgan fingerprint density at radius 3 is 2.73 bits per heavy atom. The van der Waals surface area contributed by atoms with E-state index in [1.165, 1.54) is 11.3 Å². The van der Waals surface area contributed by atoms with Crippen molar-refractivity contribution in [3.8, 4) is 11.3 Å². The summed E-state index contributed by atoms with van der Waals surface area (Å²) in [6.07, 6.45) is 2.15. The molecule has 0 bridgehead atoms. The molecule has 1 N–H and O–H groups in total. The number of benzene rings is 1. The molecular weight excluding hydrogens is 296 g/mol. The van der Waals surface area contributed by atoms with Crippen LogP contribution < -0.4 is 5.32 Å². The van der Waals surface area contributed by atoms with Gasteiger partial charge in [-0.15, -0.1) is 11.3 Å². The Morgan fingerprint density at radius 1 is 1.32 bits per heavy atom. The Labute approximate surface area is 134 Å². The van der Waals surface area contributed by atoms with Crippen LogP contribution in [0.3, 0.4) is 0 Å². The predicted octanol–water partition coefficient (Wildman–Crippen LogP) is 3.45. The molecule has 4 nitrogen and oxygen atoms in total. The van der Waals surface area contributed by atoms with Gasteiger partial charge in [-0.1, -0.05) is 30.3 Å². The summed E-state index contributed by atoms with van der Waals surface area (Å²) >= 11 is 1.50. The number of ether oxygens (including phenoxy) is 1. The number of rotatable bonds is 4. The lowest BCUT2D eigenvalue weighted by atomic mass is 9.99. The van der Waals surface area contributed by atoms with Crippen LogP contribution in [0, 0.1) is 0 Å². The second kappa shape index (κ2) is 7.03. The van der Waals surface area contributed by atoms with Crippen LogP contribution in [0.5, 0.6) is 0 Å². The topological polar surface area (TPSA) is 51.2 Å². The maximum Gasteiger partial charge on any atom is 0.350 e. The molecule has 0 atom stereocenters. The summed E-state index contributed by atoms with van der Waals surface area (Å²) in [7, 11) is 0. The van der Waals surface area contributed by atoms with Gasteiger partial charge in [0.15, 0.2) is 0 Å². The number of carbonyl (C=O) groups is 1. The van der Waals surface area contributed by atoms with Crippen molar-refractivity contribution in [3.05, 3.63) is 40.2 Å². The van der Waals surface area contributed by atoms with Crippen LogP contribution >= 0.6 is 11.3 Å². The van der Waals surface area contributed by atoms with E-state index in [0.29, 0.717) is 17.4 Å². The molecule has 1 aliphatic rings. The molecular formula is C17H20N2O2S. The van der Waals surface area contributed by atoms with Crippen LogP contribution in [-0.2, 0) is 4.74 Å². The second-order valence-corrected chi connectivity index (χ2v) is 6.37. The molecule has 22 heavy (non-hydrogen) atoms. The van der Waals surface area contributed by atoms with Gasteiger partial charge in [-0.2, -0.15) is 0 Å². The third-order valence-corrected chi connectivity index (χ3v) is 5.04. The van der Waals surface area contributed by atoms with E-state index in [-0.39, 0.29) is 5.97 Å². The Kier molecular flexibility index (Phi) is 4.85. The highest BCUT2D eigenvalue weighted by Crippen LogP contribution is 2.35. The van der Waals surface area contributed by atoms with Crippen molar-refractivity contribution in [1.29, 1.82) is 0 Å². The van der Waals surface area contributed by atoms with Crippen molar-refractivity contribution in [2.45, 2.75) is 25.7 Å². The summed E-state index contributed by atoms with van der Waals surface area (Å²) in [5.74, 6) is 0.177. The van der Waals surface area contributed by atoms with Gasteiger partial charge in [-0.05, 0) is 32.9 Å². The van der Waals surface area contributed by atoms with Crippen molar-refractivity contribution in [2.24, 2.45) is 0 Å². The minimum atomic E-state index is -0.265. The lowest BCUT2D eigenvalue weighted by Gasteiger charge is -2.20. The highest BCUT2D eigenvalue weighted by atomic mass is 32.1. The average molecular weight is 316 g/mol. The van der Waals surface area contributed by atoms with Gasteiger partial charge in [0.1, 0.15) is 4.88 Å². The highest BCUT2D eigenvalue weighted by Gasteiger charge is 2.25. The zero-order chi connectivity index (χ0) is 15.4. The third kappa shape index (κ3) is 3.20. The molecule has 0 spiro atoms. The zero-order valence-electron chi connectivity index (χ0n) is 12.7. The normalized spacial score (nSPS) is 15.7. The molecule has 1 aliphatic heterocycles. The standard InChI is InChI=1S/C17H20N2O2S/c1-2-21-17(20)15-14(12-6-4-3-5-7-12)19-16(22-15)13-8-10-18-11-9-13/h3-7,13,18H,2,8-11H2,1H3. The molecule has 2 heterocycles. The zero-order valence-corrected chi connectivity index (χ0v) is 13.5. The Morgan fingerprint density at radius 2 is 2.05 bits per heavy atom. The lowest BCUT2D eigenvalue weighted by molar-refractivity contribution is 0.0532. The number of esters is 1. The number of aromatic nitrogens is 1. The molecule has 0 radical (unpaired) electrons. The fourth-order valence-electron chi connectivity index (χ4n) is 2.71.